The lowest BCUT2D eigenvalue weighted by Crippen LogP contribution is -2.08. The Morgan fingerprint density at radius 2 is 1.59 bits per heavy atom. The van der Waals surface area contributed by atoms with Crippen LogP contribution in [0.3, 0.4) is 0 Å². The molecule has 0 bridgehead atoms. The molecule has 5 N–H and O–H groups in total. The molecule has 1 heterocycles. The molecule has 0 saturated heterocycles. The van der Waals surface area contributed by atoms with E-state index >= 15 is 0 Å². The van der Waals surface area contributed by atoms with Gasteiger partial charge in [0.2, 0.25) is 0 Å². The predicted molar refractivity (Wildman–Crippen MR) is 113 cm³/mol. The van der Waals surface area contributed by atoms with Crippen molar-refractivity contribution in [2.24, 2.45) is 0 Å². The van der Waals surface area contributed by atoms with E-state index in [0.717, 1.165) is 12.1 Å². The smallest absolute Gasteiger partial charge is 0.336 e. The van der Waals surface area contributed by atoms with Crippen molar-refractivity contribution in [1.29, 1.82) is 0 Å². The molecule has 0 radical (unpaired) electrons. The highest BCUT2D eigenvalue weighted by atomic mass is 32.2. The molecular weight excluding hydrogens is 442 g/mol. The minimum Gasteiger partial charge on any atom is -0.478 e. The number of rotatable bonds is 4. The van der Waals surface area contributed by atoms with Crippen LogP contribution in [0.15, 0.2) is 62.6 Å². The highest BCUT2D eigenvalue weighted by molar-refractivity contribution is 7.86. The van der Waals surface area contributed by atoms with Gasteiger partial charge < -0.3 is 20.4 Å². The van der Waals surface area contributed by atoms with Gasteiger partial charge >= 0.3 is 11.9 Å². The van der Waals surface area contributed by atoms with Gasteiger partial charge in [-0.1, -0.05) is 6.07 Å². The minimum absolute atomic E-state index is 0.0398. The van der Waals surface area contributed by atoms with Gasteiger partial charge in [-0.05, 0) is 42.0 Å². The first-order valence-corrected chi connectivity index (χ1v) is 10.3. The van der Waals surface area contributed by atoms with Crippen LogP contribution in [0.4, 0.5) is 5.69 Å². The van der Waals surface area contributed by atoms with E-state index in [4.69, 9.17) is 10.2 Å². The SMILES string of the molecule is Nc1ccc2c(-c3ccc(C(=O)O)cc3C(=O)O)c3ccc(=O)cc-3oc2c1S(=O)(=O)O. The molecular formula is C21H13NO9S. The summed E-state index contributed by atoms with van der Waals surface area (Å²) in [5, 5.41) is 19.0. The molecule has 0 unspecified atom stereocenters. The monoisotopic (exact) mass is 455 g/mol. The van der Waals surface area contributed by atoms with Gasteiger partial charge in [0, 0.05) is 22.6 Å². The van der Waals surface area contributed by atoms with Crippen molar-refractivity contribution in [1.82, 2.24) is 0 Å². The summed E-state index contributed by atoms with van der Waals surface area (Å²) in [6.45, 7) is 0. The summed E-state index contributed by atoms with van der Waals surface area (Å²) in [4.78, 5) is 34.4. The number of anilines is 1. The fourth-order valence-electron chi connectivity index (χ4n) is 3.55. The molecule has 0 saturated carbocycles. The van der Waals surface area contributed by atoms with E-state index in [-0.39, 0.29) is 50.2 Å². The van der Waals surface area contributed by atoms with Crippen LogP contribution in [-0.2, 0) is 10.1 Å². The number of fused-ring (bicyclic) bond motifs is 2. The van der Waals surface area contributed by atoms with Crippen LogP contribution < -0.4 is 11.2 Å². The fourth-order valence-corrected chi connectivity index (χ4v) is 4.31. The van der Waals surface area contributed by atoms with Crippen LogP contribution in [0.25, 0.3) is 33.4 Å². The fraction of sp³-hybridized carbons (Fsp3) is 0. The summed E-state index contributed by atoms with van der Waals surface area (Å²) < 4.78 is 39.4. The van der Waals surface area contributed by atoms with Crippen LogP contribution in [0, 0.1) is 0 Å². The lowest BCUT2D eigenvalue weighted by Gasteiger charge is -2.18. The van der Waals surface area contributed by atoms with Gasteiger partial charge in [-0.25, -0.2) is 9.59 Å². The maximum atomic E-state index is 12.0. The van der Waals surface area contributed by atoms with Crippen LogP contribution in [0.2, 0.25) is 0 Å². The van der Waals surface area contributed by atoms with Gasteiger partial charge in [-0.3, -0.25) is 9.35 Å². The zero-order chi connectivity index (χ0) is 23.4. The second kappa shape index (κ2) is 7.18. The van der Waals surface area contributed by atoms with E-state index in [9.17, 15) is 37.6 Å². The molecule has 1 aliphatic carbocycles. The van der Waals surface area contributed by atoms with Gasteiger partial charge in [0.1, 0.15) is 5.76 Å². The molecule has 2 aliphatic rings. The zero-order valence-electron chi connectivity index (χ0n) is 15.9. The molecule has 10 nitrogen and oxygen atoms in total. The lowest BCUT2D eigenvalue weighted by molar-refractivity contribution is 0.0696. The van der Waals surface area contributed by atoms with Crippen molar-refractivity contribution < 1.29 is 37.2 Å². The zero-order valence-corrected chi connectivity index (χ0v) is 16.7. The number of benzene rings is 3. The van der Waals surface area contributed by atoms with Crippen molar-refractivity contribution >= 4 is 38.7 Å². The Hall–Kier alpha value is -4.22. The average molecular weight is 455 g/mol. The van der Waals surface area contributed by atoms with Crippen molar-refractivity contribution in [3.63, 3.8) is 0 Å². The maximum absolute atomic E-state index is 12.0. The molecule has 0 amide bonds. The van der Waals surface area contributed by atoms with Crippen molar-refractivity contribution in [2.75, 3.05) is 5.73 Å². The van der Waals surface area contributed by atoms with Crippen molar-refractivity contribution in [2.45, 2.75) is 4.90 Å². The molecule has 162 valence electrons. The topological polar surface area (TPSA) is 185 Å². The van der Waals surface area contributed by atoms with Gasteiger partial charge in [0.15, 0.2) is 15.9 Å². The second-order valence-electron chi connectivity index (χ2n) is 6.84. The van der Waals surface area contributed by atoms with E-state index in [0.29, 0.717) is 0 Å². The molecule has 0 aromatic heterocycles. The molecule has 0 fully saturated rings. The second-order valence-corrected chi connectivity index (χ2v) is 8.20. The molecule has 32 heavy (non-hydrogen) atoms. The Morgan fingerprint density at radius 3 is 2.22 bits per heavy atom. The number of carboxylic acids is 2. The molecule has 0 atom stereocenters. The minimum atomic E-state index is -4.87. The van der Waals surface area contributed by atoms with Crippen molar-refractivity contribution in [3.05, 3.63) is 69.9 Å². The third-order valence-electron chi connectivity index (χ3n) is 4.87. The van der Waals surface area contributed by atoms with Crippen LogP contribution in [0.5, 0.6) is 0 Å². The third-order valence-corrected chi connectivity index (χ3v) is 5.81. The summed E-state index contributed by atoms with van der Waals surface area (Å²) >= 11 is 0. The van der Waals surface area contributed by atoms with Crippen molar-refractivity contribution in [3.8, 4) is 22.5 Å². The van der Waals surface area contributed by atoms with Crippen LogP contribution >= 0.6 is 0 Å². The Labute approximate surface area is 179 Å². The molecule has 1 aliphatic heterocycles. The summed E-state index contributed by atoms with van der Waals surface area (Å²) in [5.41, 5.74) is 4.36. The maximum Gasteiger partial charge on any atom is 0.336 e. The largest absolute Gasteiger partial charge is 0.478 e. The van der Waals surface area contributed by atoms with E-state index in [1.807, 2.05) is 0 Å². The lowest BCUT2D eigenvalue weighted by atomic mass is 9.90. The van der Waals surface area contributed by atoms with Crippen LogP contribution in [-0.4, -0.2) is 35.1 Å². The third kappa shape index (κ3) is 3.35. The Kier molecular flexibility index (Phi) is 4.72. The molecule has 2 aromatic carbocycles. The number of carbonyl (C=O) groups is 2. The highest BCUT2D eigenvalue weighted by Gasteiger charge is 2.27. The van der Waals surface area contributed by atoms with Gasteiger partial charge in [0.25, 0.3) is 10.1 Å². The van der Waals surface area contributed by atoms with E-state index in [2.05, 4.69) is 0 Å². The Balaban J connectivity index is 2.27. The predicted octanol–water partition coefficient (Wildman–Crippen LogP) is 2.79. The Morgan fingerprint density at radius 1 is 0.906 bits per heavy atom. The van der Waals surface area contributed by atoms with E-state index in [1.54, 1.807) is 0 Å². The number of hydrogen-bond donors (Lipinski definition) is 4. The average Bonchev–Trinajstić information content (AvgIpc) is 2.70. The number of nitrogen functional groups attached to an aromatic ring is 1. The molecule has 2 aromatic rings. The van der Waals surface area contributed by atoms with Gasteiger partial charge in [-0.15, -0.1) is 0 Å². The number of aromatic carboxylic acids is 2. The molecule has 4 rings (SSSR count). The number of nitrogens with two attached hydrogens (primary N) is 1. The first kappa shape index (κ1) is 21.0. The summed E-state index contributed by atoms with van der Waals surface area (Å²) in [6.07, 6.45) is 0. The van der Waals surface area contributed by atoms with Crippen LogP contribution in [0.1, 0.15) is 20.7 Å². The van der Waals surface area contributed by atoms with Gasteiger partial charge in [-0.2, -0.15) is 8.42 Å². The standard InChI is InChI=1S/C21H13NO9S/c22-15-6-5-13-17(11-3-1-9(20(24)25)7-14(11)21(26)27)12-4-2-10(23)8-16(12)31-18(13)19(15)32(28,29)30/h1-8H,22H2,(H,24,25)(H,26,27)(H,28,29,30). The number of carboxylic acid groups (broad SMARTS) is 2. The normalized spacial score (nSPS) is 11.7. The first-order chi connectivity index (χ1) is 15.0. The highest BCUT2D eigenvalue weighted by Crippen LogP contribution is 2.44. The Bertz CT molecular complexity index is 1590. The summed E-state index contributed by atoms with van der Waals surface area (Å²) in [5.74, 6) is -2.86. The van der Waals surface area contributed by atoms with E-state index < -0.39 is 32.4 Å². The first-order valence-electron chi connectivity index (χ1n) is 8.86. The van der Waals surface area contributed by atoms with Gasteiger partial charge in [0.05, 0.1) is 16.8 Å². The number of hydrogen-bond acceptors (Lipinski definition) is 7. The summed E-state index contributed by atoms with van der Waals surface area (Å²) in [6, 6.07) is 9.64. The van der Waals surface area contributed by atoms with E-state index in [1.165, 1.54) is 36.4 Å². The molecule has 0 spiro atoms. The quantitative estimate of drug-likeness (QED) is 0.202. The molecule has 11 heteroatoms. The summed E-state index contributed by atoms with van der Waals surface area (Å²) in [7, 11) is -4.87.